The summed E-state index contributed by atoms with van der Waals surface area (Å²) >= 11 is 0. The number of amides is 1. The monoisotopic (exact) mass is 395 g/mol. The van der Waals surface area contributed by atoms with Crippen molar-refractivity contribution in [3.05, 3.63) is 59.9 Å². The van der Waals surface area contributed by atoms with Crippen LogP contribution in [-0.4, -0.2) is 32.2 Å². The maximum Gasteiger partial charge on any atom is 0.387 e. The smallest absolute Gasteiger partial charge is 0.387 e. The van der Waals surface area contributed by atoms with Gasteiger partial charge in [0.15, 0.2) is 18.1 Å². The van der Waals surface area contributed by atoms with E-state index < -0.39 is 30.9 Å². The average Bonchev–Trinajstić information content (AvgIpc) is 2.65. The molecule has 1 N–H and O–H groups in total. The number of alkyl halides is 2. The van der Waals surface area contributed by atoms with Crippen molar-refractivity contribution >= 4 is 23.6 Å². The molecular weight excluding hydrogens is 379 g/mol. The highest BCUT2D eigenvalue weighted by atomic mass is 19.3. The molecular formula is C19H16F3NO5. The van der Waals surface area contributed by atoms with Gasteiger partial charge in [-0.05, 0) is 30.3 Å². The van der Waals surface area contributed by atoms with Crippen molar-refractivity contribution in [2.24, 2.45) is 0 Å². The molecule has 0 aromatic heterocycles. The molecule has 0 saturated heterocycles. The van der Waals surface area contributed by atoms with E-state index in [1.165, 1.54) is 49.6 Å². The number of methoxy groups -OCH3 is 1. The Kier molecular flexibility index (Phi) is 7.44. The average molecular weight is 395 g/mol. The second-order valence-electron chi connectivity index (χ2n) is 5.26. The molecule has 0 fully saturated rings. The summed E-state index contributed by atoms with van der Waals surface area (Å²) < 4.78 is 52.3. The zero-order valence-corrected chi connectivity index (χ0v) is 14.7. The number of nitrogens with one attached hydrogen (secondary N) is 1. The lowest BCUT2D eigenvalue weighted by Gasteiger charge is -2.12. The van der Waals surface area contributed by atoms with E-state index in [0.29, 0.717) is 0 Å². The van der Waals surface area contributed by atoms with E-state index in [9.17, 15) is 22.8 Å². The number of hydrogen-bond acceptors (Lipinski definition) is 5. The largest absolute Gasteiger partial charge is 0.493 e. The number of anilines is 1. The van der Waals surface area contributed by atoms with Gasteiger partial charge in [0.05, 0.1) is 7.11 Å². The number of esters is 1. The van der Waals surface area contributed by atoms with Gasteiger partial charge in [0, 0.05) is 17.3 Å². The molecule has 0 unspecified atom stereocenters. The summed E-state index contributed by atoms with van der Waals surface area (Å²) in [7, 11) is 1.28. The Morgan fingerprint density at radius 1 is 1.18 bits per heavy atom. The minimum absolute atomic E-state index is 0.0605. The summed E-state index contributed by atoms with van der Waals surface area (Å²) in [5, 5.41) is 2.36. The third-order valence-corrected chi connectivity index (χ3v) is 3.29. The Hall–Kier alpha value is -3.49. The number of carbonyl (C=O) groups is 2. The Balaban J connectivity index is 1.95. The van der Waals surface area contributed by atoms with Crippen molar-refractivity contribution in [1.82, 2.24) is 0 Å². The fourth-order valence-corrected chi connectivity index (χ4v) is 2.15. The van der Waals surface area contributed by atoms with E-state index in [-0.39, 0.29) is 22.7 Å². The number of rotatable bonds is 8. The van der Waals surface area contributed by atoms with Crippen LogP contribution in [0.4, 0.5) is 18.9 Å². The van der Waals surface area contributed by atoms with Crippen LogP contribution in [0, 0.1) is 5.82 Å². The van der Waals surface area contributed by atoms with Crippen molar-refractivity contribution in [1.29, 1.82) is 0 Å². The summed E-state index contributed by atoms with van der Waals surface area (Å²) in [5.74, 6) is -2.27. The molecule has 9 heteroatoms. The van der Waals surface area contributed by atoms with Crippen molar-refractivity contribution < 1.29 is 37.0 Å². The first-order chi connectivity index (χ1) is 13.4. The number of carbonyl (C=O) groups excluding carboxylic acids is 2. The lowest BCUT2D eigenvalue weighted by Crippen LogP contribution is -2.20. The van der Waals surface area contributed by atoms with Crippen LogP contribution in [-0.2, 0) is 14.3 Å². The first-order valence-electron chi connectivity index (χ1n) is 7.91. The van der Waals surface area contributed by atoms with Crippen LogP contribution in [0.3, 0.4) is 0 Å². The SMILES string of the molecule is COc1cccc(/C=C/C(=O)OCC(=O)Nc2cccc(F)c2)c1OC(F)F. The predicted octanol–water partition coefficient (Wildman–Crippen LogP) is 3.63. The van der Waals surface area contributed by atoms with E-state index in [2.05, 4.69) is 10.1 Å². The van der Waals surface area contributed by atoms with Crippen LogP contribution < -0.4 is 14.8 Å². The predicted molar refractivity (Wildman–Crippen MR) is 94.6 cm³/mol. The van der Waals surface area contributed by atoms with Crippen LogP contribution in [0.15, 0.2) is 48.5 Å². The number of ether oxygens (including phenoxy) is 3. The lowest BCUT2D eigenvalue weighted by atomic mass is 10.1. The summed E-state index contributed by atoms with van der Waals surface area (Å²) in [4.78, 5) is 23.5. The fraction of sp³-hybridized carbons (Fsp3) is 0.158. The highest BCUT2D eigenvalue weighted by Crippen LogP contribution is 2.33. The van der Waals surface area contributed by atoms with Crippen LogP contribution in [0.5, 0.6) is 11.5 Å². The molecule has 0 radical (unpaired) electrons. The molecule has 148 valence electrons. The highest BCUT2D eigenvalue weighted by molar-refractivity contribution is 5.94. The quantitative estimate of drug-likeness (QED) is 0.546. The maximum absolute atomic E-state index is 13.0. The first-order valence-corrected chi connectivity index (χ1v) is 7.91. The standard InChI is InChI=1S/C19H16F3NO5/c1-26-15-7-2-4-12(18(15)28-19(21)22)8-9-17(25)27-11-16(24)23-14-6-3-5-13(20)10-14/h2-10,19H,11H2,1H3,(H,23,24)/b9-8+. The Bertz CT molecular complexity index is 870. The van der Waals surface area contributed by atoms with Gasteiger partial charge in [0.1, 0.15) is 5.82 Å². The molecule has 0 heterocycles. The molecule has 0 atom stereocenters. The van der Waals surface area contributed by atoms with E-state index in [1.54, 1.807) is 0 Å². The van der Waals surface area contributed by atoms with Crippen molar-refractivity contribution in [2.45, 2.75) is 6.61 Å². The molecule has 0 aliphatic carbocycles. The van der Waals surface area contributed by atoms with Crippen molar-refractivity contribution in [2.75, 3.05) is 19.0 Å². The van der Waals surface area contributed by atoms with E-state index in [1.807, 2.05) is 0 Å². The molecule has 2 aromatic carbocycles. The highest BCUT2D eigenvalue weighted by Gasteiger charge is 2.14. The molecule has 0 bridgehead atoms. The van der Waals surface area contributed by atoms with Crippen LogP contribution in [0.2, 0.25) is 0 Å². The van der Waals surface area contributed by atoms with Gasteiger partial charge in [-0.3, -0.25) is 4.79 Å². The maximum atomic E-state index is 13.0. The number of benzene rings is 2. The summed E-state index contributed by atoms with van der Waals surface area (Å²) in [6.45, 7) is -3.69. The molecule has 0 spiro atoms. The minimum Gasteiger partial charge on any atom is -0.493 e. The second kappa shape index (κ2) is 10.0. The van der Waals surface area contributed by atoms with Gasteiger partial charge in [0.2, 0.25) is 0 Å². The van der Waals surface area contributed by atoms with E-state index in [4.69, 9.17) is 9.47 Å². The second-order valence-corrected chi connectivity index (χ2v) is 5.26. The van der Waals surface area contributed by atoms with Crippen LogP contribution in [0.1, 0.15) is 5.56 Å². The van der Waals surface area contributed by atoms with Gasteiger partial charge in [-0.1, -0.05) is 18.2 Å². The van der Waals surface area contributed by atoms with Gasteiger partial charge < -0.3 is 19.5 Å². The number of para-hydroxylation sites is 1. The summed E-state index contributed by atoms with van der Waals surface area (Å²) in [5.41, 5.74) is 0.363. The van der Waals surface area contributed by atoms with Crippen LogP contribution in [0.25, 0.3) is 6.08 Å². The van der Waals surface area contributed by atoms with Gasteiger partial charge in [-0.2, -0.15) is 8.78 Å². The lowest BCUT2D eigenvalue weighted by molar-refractivity contribution is -0.142. The Morgan fingerprint density at radius 2 is 1.93 bits per heavy atom. The Morgan fingerprint density at radius 3 is 2.61 bits per heavy atom. The van der Waals surface area contributed by atoms with Gasteiger partial charge in [0.25, 0.3) is 5.91 Å². The van der Waals surface area contributed by atoms with Gasteiger partial charge >= 0.3 is 12.6 Å². The van der Waals surface area contributed by atoms with Crippen molar-refractivity contribution in [3.8, 4) is 11.5 Å². The molecule has 1 amide bonds. The van der Waals surface area contributed by atoms with E-state index in [0.717, 1.165) is 12.1 Å². The third kappa shape index (κ3) is 6.35. The fourth-order valence-electron chi connectivity index (χ4n) is 2.15. The summed E-state index contributed by atoms with van der Waals surface area (Å²) in [6, 6.07) is 9.57. The molecule has 6 nitrogen and oxygen atoms in total. The third-order valence-electron chi connectivity index (χ3n) is 3.29. The molecule has 28 heavy (non-hydrogen) atoms. The van der Waals surface area contributed by atoms with Gasteiger partial charge in [-0.25, -0.2) is 9.18 Å². The topological polar surface area (TPSA) is 73.9 Å². The normalized spacial score (nSPS) is 10.8. The molecule has 0 aliphatic rings. The first kappa shape index (κ1) is 20.8. The Labute approximate surface area is 158 Å². The van der Waals surface area contributed by atoms with Crippen LogP contribution >= 0.6 is 0 Å². The molecule has 0 aliphatic heterocycles. The molecule has 2 rings (SSSR count). The van der Waals surface area contributed by atoms with E-state index >= 15 is 0 Å². The zero-order valence-electron chi connectivity index (χ0n) is 14.7. The number of halogens is 3. The molecule has 0 saturated carbocycles. The number of hydrogen-bond donors (Lipinski definition) is 1. The molecule has 2 aromatic rings. The minimum atomic E-state index is -3.08. The van der Waals surface area contributed by atoms with Crippen molar-refractivity contribution in [3.63, 3.8) is 0 Å². The van der Waals surface area contributed by atoms with Gasteiger partial charge in [-0.15, -0.1) is 0 Å². The summed E-state index contributed by atoms with van der Waals surface area (Å²) in [6.07, 6.45) is 2.13. The zero-order chi connectivity index (χ0) is 20.5.